The number of rotatable bonds is 16. The third-order valence-electron chi connectivity index (χ3n) is 13.6. The van der Waals surface area contributed by atoms with E-state index in [4.69, 9.17) is 4.74 Å². The lowest BCUT2D eigenvalue weighted by molar-refractivity contribution is -0.148. The summed E-state index contributed by atoms with van der Waals surface area (Å²) in [6.45, 7) is 8.35. The second kappa shape index (κ2) is 14.0. The molecule has 0 amide bonds. The molecule has 6 fully saturated rings. The highest BCUT2D eigenvalue weighted by Gasteiger charge is 2.49. The number of nitrogens with one attached hydrogen (secondary N) is 3. The molecule has 5 saturated carbocycles. The van der Waals surface area contributed by atoms with Crippen LogP contribution in [-0.4, -0.2) is 79.3 Å². The minimum Gasteiger partial charge on any atom is -0.481 e. The van der Waals surface area contributed by atoms with Crippen LogP contribution < -0.4 is 20.7 Å². The molecule has 8 nitrogen and oxygen atoms in total. The Morgan fingerprint density at radius 1 is 0.740 bits per heavy atom. The van der Waals surface area contributed by atoms with Gasteiger partial charge in [0.15, 0.2) is 0 Å². The van der Waals surface area contributed by atoms with Crippen LogP contribution in [0.2, 0.25) is 0 Å². The normalized spacial score (nSPS) is 31.8. The molecule has 2 aromatic carbocycles. The molecule has 1 aliphatic heterocycles. The SMILES string of the molecule is CC1(C(=O)Oc2ccc(C3CC3NCC3(CNC4CCC(C(=O)O)CC4)CC3)cc2)CCN(CC2(CNC3CC3c3ccccc3)CC2)CC1. The van der Waals surface area contributed by atoms with E-state index in [1.54, 1.807) is 0 Å². The van der Waals surface area contributed by atoms with E-state index in [-0.39, 0.29) is 11.9 Å². The van der Waals surface area contributed by atoms with Gasteiger partial charge >= 0.3 is 11.9 Å². The maximum Gasteiger partial charge on any atom is 0.317 e. The summed E-state index contributed by atoms with van der Waals surface area (Å²) in [5, 5.41) is 20.8. The molecule has 0 aromatic heterocycles. The van der Waals surface area contributed by atoms with Gasteiger partial charge in [-0.2, -0.15) is 0 Å². The Balaban J connectivity index is 0.726. The van der Waals surface area contributed by atoms with Crippen molar-refractivity contribution < 1.29 is 19.4 Å². The van der Waals surface area contributed by atoms with Crippen LogP contribution in [0.3, 0.4) is 0 Å². The molecule has 4 atom stereocenters. The quantitative estimate of drug-likeness (QED) is 0.125. The van der Waals surface area contributed by atoms with Crippen LogP contribution in [0.15, 0.2) is 54.6 Å². The van der Waals surface area contributed by atoms with Crippen molar-refractivity contribution in [2.75, 3.05) is 39.3 Å². The summed E-state index contributed by atoms with van der Waals surface area (Å²) >= 11 is 0. The lowest BCUT2D eigenvalue weighted by Crippen LogP contribution is -2.47. The first kappa shape index (κ1) is 34.3. The number of carbonyl (C=O) groups excluding carboxylic acids is 1. The average molecular weight is 683 g/mol. The number of carboxylic acid groups (broad SMARTS) is 1. The largest absolute Gasteiger partial charge is 0.481 e. The summed E-state index contributed by atoms with van der Waals surface area (Å²) in [7, 11) is 0. The molecule has 0 radical (unpaired) electrons. The number of nitrogens with zero attached hydrogens (tertiary/aromatic N) is 1. The Hall–Kier alpha value is -2.78. The summed E-state index contributed by atoms with van der Waals surface area (Å²) in [5.74, 6) is 0.993. The molecule has 0 spiro atoms. The fourth-order valence-electron chi connectivity index (χ4n) is 8.94. The summed E-state index contributed by atoms with van der Waals surface area (Å²) in [6.07, 6.45) is 12.8. The van der Waals surface area contributed by atoms with E-state index in [1.807, 2.05) is 12.1 Å². The molecule has 0 bridgehead atoms. The Kier molecular flexibility index (Phi) is 9.59. The molecular formula is C42H58N4O4. The Bertz CT molecular complexity index is 1490. The maximum absolute atomic E-state index is 13.4. The van der Waals surface area contributed by atoms with Gasteiger partial charge in [0.1, 0.15) is 5.75 Å². The fourth-order valence-corrected chi connectivity index (χ4v) is 8.94. The summed E-state index contributed by atoms with van der Waals surface area (Å²) in [5.41, 5.74) is 3.13. The maximum atomic E-state index is 13.4. The fraction of sp³-hybridized carbons (Fsp3) is 0.667. The number of esters is 1. The predicted octanol–water partition coefficient (Wildman–Crippen LogP) is 6.08. The first-order valence-electron chi connectivity index (χ1n) is 19.7. The monoisotopic (exact) mass is 682 g/mol. The zero-order valence-corrected chi connectivity index (χ0v) is 30.0. The van der Waals surface area contributed by atoms with Crippen molar-refractivity contribution in [2.45, 2.75) is 114 Å². The van der Waals surface area contributed by atoms with E-state index in [1.165, 1.54) is 43.2 Å². The zero-order valence-electron chi connectivity index (χ0n) is 30.0. The molecule has 8 rings (SSSR count). The van der Waals surface area contributed by atoms with E-state index in [0.29, 0.717) is 46.5 Å². The molecular weight excluding hydrogens is 624 g/mol. The second-order valence-electron chi connectivity index (χ2n) is 17.6. The molecule has 2 aromatic rings. The molecule has 4 unspecified atom stereocenters. The van der Waals surface area contributed by atoms with Crippen LogP contribution in [0.25, 0.3) is 0 Å². The van der Waals surface area contributed by atoms with Crippen LogP contribution in [0, 0.1) is 22.2 Å². The summed E-state index contributed by atoms with van der Waals surface area (Å²) in [6, 6.07) is 20.8. The van der Waals surface area contributed by atoms with Gasteiger partial charge in [0, 0.05) is 56.1 Å². The summed E-state index contributed by atoms with van der Waals surface area (Å²) < 4.78 is 5.98. The lowest BCUT2D eigenvalue weighted by atomic mass is 9.80. The van der Waals surface area contributed by atoms with Gasteiger partial charge in [0.25, 0.3) is 0 Å². The van der Waals surface area contributed by atoms with Crippen LogP contribution in [0.5, 0.6) is 5.75 Å². The molecule has 5 aliphatic carbocycles. The number of benzene rings is 2. The topological polar surface area (TPSA) is 103 Å². The van der Waals surface area contributed by atoms with Gasteiger partial charge in [0.05, 0.1) is 11.3 Å². The first-order chi connectivity index (χ1) is 24.2. The third-order valence-corrected chi connectivity index (χ3v) is 13.6. The number of carboxylic acids is 1. The Morgan fingerprint density at radius 2 is 1.30 bits per heavy atom. The van der Waals surface area contributed by atoms with Crippen LogP contribution in [0.4, 0.5) is 0 Å². The number of aliphatic carboxylic acids is 1. The number of hydrogen-bond donors (Lipinski definition) is 4. The van der Waals surface area contributed by atoms with E-state index in [2.05, 4.69) is 70.2 Å². The molecule has 8 heteroatoms. The van der Waals surface area contributed by atoms with Crippen molar-refractivity contribution >= 4 is 11.9 Å². The molecule has 4 N–H and O–H groups in total. The van der Waals surface area contributed by atoms with Gasteiger partial charge in [-0.15, -0.1) is 0 Å². The Morgan fingerprint density at radius 3 is 1.88 bits per heavy atom. The minimum absolute atomic E-state index is 0.0855. The minimum atomic E-state index is -0.631. The van der Waals surface area contributed by atoms with E-state index < -0.39 is 11.4 Å². The highest BCUT2D eigenvalue weighted by molar-refractivity contribution is 5.79. The van der Waals surface area contributed by atoms with Crippen LogP contribution in [-0.2, 0) is 9.59 Å². The van der Waals surface area contributed by atoms with Gasteiger partial charge in [-0.1, -0.05) is 42.5 Å². The second-order valence-corrected chi connectivity index (χ2v) is 17.6. The highest BCUT2D eigenvalue weighted by Crippen LogP contribution is 2.49. The average Bonchev–Trinajstić information content (AvgIpc) is 3.95. The number of carbonyl (C=O) groups is 2. The van der Waals surface area contributed by atoms with Gasteiger partial charge in [-0.25, -0.2) is 0 Å². The molecule has 1 saturated heterocycles. The van der Waals surface area contributed by atoms with Gasteiger partial charge in [0.2, 0.25) is 0 Å². The molecule has 50 heavy (non-hydrogen) atoms. The Labute approximate surface area is 298 Å². The van der Waals surface area contributed by atoms with Crippen LogP contribution in [0.1, 0.15) is 107 Å². The highest BCUT2D eigenvalue weighted by atomic mass is 16.5. The van der Waals surface area contributed by atoms with E-state index in [0.717, 1.165) is 84.2 Å². The lowest BCUT2D eigenvalue weighted by Gasteiger charge is -2.39. The predicted molar refractivity (Wildman–Crippen MR) is 195 cm³/mol. The smallest absolute Gasteiger partial charge is 0.317 e. The van der Waals surface area contributed by atoms with Gasteiger partial charge < -0.3 is 30.7 Å². The van der Waals surface area contributed by atoms with Crippen molar-refractivity contribution in [1.82, 2.24) is 20.9 Å². The molecule has 1 heterocycles. The number of likely N-dealkylation sites (tertiary alicyclic amines) is 1. The molecule has 6 aliphatic rings. The van der Waals surface area contributed by atoms with Gasteiger partial charge in [-0.05, 0) is 131 Å². The van der Waals surface area contributed by atoms with Crippen molar-refractivity contribution in [3.8, 4) is 5.75 Å². The van der Waals surface area contributed by atoms with E-state index in [9.17, 15) is 14.7 Å². The molecule has 270 valence electrons. The first-order valence-corrected chi connectivity index (χ1v) is 19.7. The summed E-state index contributed by atoms with van der Waals surface area (Å²) in [4.78, 5) is 27.2. The van der Waals surface area contributed by atoms with Crippen molar-refractivity contribution in [2.24, 2.45) is 22.2 Å². The zero-order chi connectivity index (χ0) is 34.3. The van der Waals surface area contributed by atoms with Gasteiger partial charge in [-0.3, -0.25) is 9.59 Å². The third kappa shape index (κ3) is 8.14. The number of ether oxygens (including phenoxy) is 1. The van der Waals surface area contributed by atoms with Crippen molar-refractivity contribution in [1.29, 1.82) is 0 Å². The van der Waals surface area contributed by atoms with Crippen LogP contribution >= 0.6 is 0 Å². The van der Waals surface area contributed by atoms with Crippen molar-refractivity contribution in [3.63, 3.8) is 0 Å². The standard InChI is InChI=1S/C42H58N4O4/c1-40(19-21-46(22-20-40)28-42(17-18-42)27-45-36-23-34(36)29-5-3-2-4-6-29)39(49)50-33-13-9-30(10-14-33)35-24-37(35)44-26-41(15-16-41)25-43-32-11-7-31(8-12-32)38(47)48/h2-6,9-10,13-14,31-32,34-37,43-45H,7-8,11-12,15-28H2,1H3,(H,47,48). The van der Waals surface area contributed by atoms with E-state index >= 15 is 0 Å². The van der Waals surface area contributed by atoms with Crippen molar-refractivity contribution in [3.05, 3.63) is 65.7 Å². The number of hydrogen-bond acceptors (Lipinski definition) is 7. The number of piperidine rings is 1.